The van der Waals surface area contributed by atoms with Crippen molar-refractivity contribution in [2.75, 3.05) is 13.2 Å². The van der Waals surface area contributed by atoms with E-state index in [0.717, 1.165) is 54.9 Å². The molecular formula is C26H34O4. The average molecular weight is 411 g/mol. The fourth-order valence-corrected chi connectivity index (χ4v) is 4.56. The lowest BCUT2D eigenvalue weighted by atomic mass is 9.84. The first-order chi connectivity index (χ1) is 14.4. The minimum Gasteiger partial charge on any atom is -0.508 e. The van der Waals surface area contributed by atoms with Crippen molar-refractivity contribution in [1.29, 1.82) is 0 Å². The topological polar surface area (TPSA) is 47.9 Å². The first kappa shape index (κ1) is 20.9. The number of benzene rings is 2. The molecule has 0 fully saturated rings. The molecule has 2 heterocycles. The first-order valence-corrected chi connectivity index (χ1v) is 11.3. The Balaban J connectivity index is 1.52. The van der Waals surface area contributed by atoms with Crippen LogP contribution < -0.4 is 14.2 Å². The first-order valence-electron chi connectivity index (χ1n) is 11.3. The Hall–Kier alpha value is -2.36. The molecular weight excluding hydrogens is 376 g/mol. The molecule has 30 heavy (non-hydrogen) atoms. The maximum atomic E-state index is 10.7. The van der Waals surface area contributed by atoms with Gasteiger partial charge >= 0.3 is 0 Å². The van der Waals surface area contributed by atoms with Crippen molar-refractivity contribution in [2.24, 2.45) is 0 Å². The Morgan fingerprint density at radius 2 is 2.00 bits per heavy atom. The molecule has 0 amide bonds. The number of aromatic hydroxyl groups is 1. The van der Waals surface area contributed by atoms with Crippen LogP contribution in [0.3, 0.4) is 0 Å². The smallest absolute Gasteiger partial charge is 0.129 e. The number of rotatable bonds is 6. The molecule has 0 spiro atoms. The highest BCUT2D eigenvalue weighted by molar-refractivity contribution is 5.57. The van der Waals surface area contributed by atoms with E-state index in [9.17, 15) is 5.11 Å². The maximum Gasteiger partial charge on any atom is 0.129 e. The van der Waals surface area contributed by atoms with E-state index >= 15 is 0 Å². The van der Waals surface area contributed by atoms with Crippen LogP contribution in [0.1, 0.15) is 74.6 Å². The van der Waals surface area contributed by atoms with Gasteiger partial charge in [0, 0.05) is 23.1 Å². The molecule has 1 N–H and O–H groups in total. The summed E-state index contributed by atoms with van der Waals surface area (Å²) < 4.78 is 18.3. The summed E-state index contributed by atoms with van der Waals surface area (Å²) in [5, 5.41) is 10.7. The molecule has 0 saturated carbocycles. The zero-order valence-electron chi connectivity index (χ0n) is 18.7. The van der Waals surface area contributed by atoms with E-state index in [1.54, 1.807) is 6.07 Å². The van der Waals surface area contributed by atoms with E-state index in [4.69, 9.17) is 14.2 Å². The quantitative estimate of drug-likeness (QED) is 0.585. The SMILES string of the molecule is CCCCCOc1ccc(C2COc3c(c(C)cc4c3CCC(C)(C)O4)C2)c(O)c1. The van der Waals surface area contributed by atoms with Crippen molar-refractivity contribution in [1.82, 2.24) is 0 Å². The Labute approximate surface area is 180 Å². The van der Waals surface area contributed by atoms with Gasteiger partial charge in [0.2, 0.25) is 0 Å². The second kappa shape index (κ2) is 8.41. The lowest BCUT2D eigenvalue weighted by Gasteiger charge is -2.36. The molecule has 4 rings (SSSR count). The van der Waals surface area contributed by atoms with Crippen LogP contribution in [0.25, 0.3) is 0 Å². The van der Waals surface area contributed by atoms with E-state index in [1.165, 1.54) is 23.1 Å². The molecule has 0 bridgehead atoms. The summed E-state index contributed by atoms with van der Waals surface area (Å²) >= 11 is 0. The normalized spacial score (nSPS) is 19.3. The molecule has 0 radical (unpaired) electrons. The molecule has 4 heteroatoms. The molecule has 2 aromatic carbocycles. The second-order valence-corrected chi connectivity index (χ2v) is 9.33. The van der Waals surface area contributed by atoms with Gasteiger partial charge < -0.3 is 19.3 Å². The number of fused-ring (bicyclic) bond motifs is 3. The molecule has 0 aliphatic carbocycles. The third-order valence-electron chi connectivity index (χ3n) is 6.37. The number of phenolic OH excluding ortho intramolecular Hbond substituents is 1. The molecule has 1 atom stereocenters. The summed E-state index contributed by atoms with van der Waals surface area (Å²) in [5.74, 6) is 3.13. The predicted molar refractivity (Wildman–Crippen MR) is 119 cm³/mol. The van der Waals surface area contributed by atoms with Crippen LogP contribution in [0.5, 0.6) is 23.0 Å². The molecule has 4 nitrogen and oxygen atoms in total. The van der Waals surface area contributed by atoms with Gasteiger partial charge in [0.1, 0.15) is 28.6 Å². The number of ether oxygens (including phenoxy) is 3. The Kier molecular flexibility index (Phi) is 5.86. The number of hydrogen-bond donors (Lipinski definition) is 1. The van der Waals surface area contributed by atoms with E-state index in [2.05, 4.69) is 33.8 Å². The molecule has 1 unspecified atom stereocenters. The average Bonchev–Trinajstić information content (AvgIpc) is 2.70. The summed E-state index contributed by atoms with van der Waals surface area (Å²) in [5.41, 5.74) is 4.44. The van der Waals surface area contributed by atoms with Crippen LogP contribution in [0, 0.1) is 6.92 Å². The number of hydrogen-bond acceptors (Lipinski definition) is 4. The molecule has 2 aliphatic rings. The minimum absolute atomic E-state index is 0.128. The van der Waals surface area contributed by atoms with Gasteiger partial charge in [0.15, 0.2) is 0 Å². The van der Waals surface area contributed by atoms with E-state index in [0.29, 0.717) is 19.0 Å². The predicted octanol–water partition coefficient (Wildman–Crippen LogP) is 6.09. The Morgan fingerprint density at radius 3 is 2.77 bits per heavy atom. The second-order valence-electron chi connectivity index (χ2n) is 9.33. The van der Waals surface area contributed by atoms with Crippen molar-refractivity contribution in [3.05, 3.63) is 46.5 Å². The Bertz CT molecular complexity index is 916. The van der Waals surface area contributed by atoms with Crippen LogP contribution in [0.15, 0.2) is 24.3 Å². The lowest BCUT2D eigenvalue weighted by Crippen LogP contribution is -2.33. The summed E-state index contributed by atoms with van der Waals surface area (Å²) in [4.78, 5) is 0. The van der Waals surface area contributed by atoms with Gasteiger partial charge in [-0.15, -0.1) is 0 Å². The van der Waals surface area contributed by atoms with Gasteiger partial charge in [-0.25, -0.2) is 0 Å². The van der Waals surface area contributed by atoms with Crippen molar-refractivity contribution in [2.45, 2.75) is 77.7 Å². The minimum atomic E-state index is -0.128. The molecule has 0 aromatic heterocycles. The van der Waals surface area contributed by atoms with Crippen LogP contribution in [-0.4, -0.2) is 23.9 Å². The van der Waals surface area contributed by atoms with Crippen molar-refractivity contribution >= 4 is 0 Å². The summed E-state index contributed by atoms with van der Waals surface area (Å²) in [6.07, 6.45) is 6.20. The monoisotopic (exact) mass is 410 g/mol. The highest BCUT2D eigenvalue weighted by atomic mass is 16.5. The summed E-state index contributed by atoms with van der Waals surface area (Å²) in [6, 6.07) is 7.86. The zero-order valence-corrected chi connectivity index (χ0v) is 18.7. The summed E-state index contributed by atoms with van der Waals surface area (Å²) in [7, 11) is 0. The maximum absolute atomic E-state index is 10.7. The molecule has 162 valence electrons. The number of aryl methyl sites for hydroxylation is 1. The van der Waals surface area contributed by atoms with Gasteiger partial charge in [0.05, 0.1) is 13.2 Å². The van der Waals surface area contributed by atoms with Gasteiger partial charge in [-0.2, -0.15) is 0 Å². The highest BCUT2D eigenvalue weighted by Crippen LogP contribution is 2.46. The molecule has 2 aliphatic heterocycles. The standard InChI is InChI=1S/C26H34O4/c1-5-6-7-12-28-19-8-9-20(23(27)15-19)18-14-22-17(2)13-24-21(25(22)29-16-18)10-11-26(3,4)30-24/h8-9,13,15,18,27H,5-7,10-12,14,16H2,1-4H3. The van der Waals surface area contributed by atoms with Gasteiger partial charge in [-0.1, -0.05) is 25.8 Å². The third-order valence-corrected chi connectivity index (χ3v) is 6.37. The lowest BCUT2D eigenvalue weighted by molar-refractivity contribution is 0.0825. The van der Waals surface area contributed by atoms with Gasteiger partial charge in [-0.05, 0) is 69.7 Å². The van der Waals surface area contributed by atoms with Crippen molar-refractivity contribution < 1.29 is 19.3 Å². The Morgan fingerprint density at radius 1 is 1.17 bits per heavy atom. The third kappa shape index (κ3) is 4.23. The van der Waals surface area contributed by atoms with Crippen LogP contribution in [0.4, 0.5) is 0 Å². The molecule has 2 aromatic rings. The fourth-order valence-electron chi connectivity index (χ4n) is 4.56. The van der Waals surface area contributed by atoms with Gasteiger partial charge in [0.25, 0.3) is 0 Å². The van der Waals surface area contributed by atoms with E-state index in [-0.39, 0.29) is 11.5 Å². The molecule has 0 saturated heterocycles. The number of unbranched alkanes of at least 4 members (excludes halogenated alkanes) is 2. The largest absolute Gasteiger partial charge is 0.508 e. The van der Waals surface area contributed by atoms with E-state index in [1.807, 2.05) is 12.1 Å². The van der Waals surface area contributed by atoms with E-state index < -0.39 is 0 Å². The van der Waals surface area contributed by atoms with Crippen LogP contribution in [0.2, 0.25) is 0 Å². The van der Waals surface area contributed by atoms with Gasteiger partial charge in [-0.3, -0.25) is 0 Å². The summed E-state index contributed by atoms with van der Waals surface area (Å²) in [6.45, 7) is 9.84. The van der Waals surface area contributed by atoms with Crippen molar-refractivity contribution in [3.8, 4) is 23.0 Å². The highest BCUT2D eigenvalue weighted by Gasteiger charge is 2.33. The van der Waals surface area contributed by atoms with Crippen molar-refractivity contribution in [3.63, 3.8) is 0 Å². The van der Waals surface area contributed by atoms with Crippen LogP contribution >= 0.6 is 0 Å². The fraction of sp³-hybridized carbons (Fsp3) is 0.538. The van der Waals surface area contributed by atoms with Crippen LogP contribution in [-0.2, 0) is 12.8 Å². The number of phenols is 1. The zero-order chi connectivity index (χ0) is 21.3.